The zero-order valence-corrected chi connectivity index (χ0v) is 27.7. The van der Waals surface area contributed by atoms with Crippen LogP contribution in [0.15, 0.2) is 0 Å². The molecule has 2 aromatic heterocycles. The van der Waals surface area contributed by atoms with Crippen molar-refractivity contribution in [3.8, 4) is 0 Å². The molecule has 2 unspecified atom stereocenters. The number of fused-ring (bicyclic) bond motifs is 2. The zero-order chi connectivity index (χ0) is 31.0. The molecule has 2 amide bonds. The average Bonchev–Trinajstić information content (AvgIpc) is 3.46. The van der Waals surface area contributed by atoms with E-state index < -0.39 is 11.9 Å². The first-order valence-corrected chi connectivity index (χ1v) is 16.3. The fourth-order valence-electron chi connectivity index (χ4n) is 6.07. The van der Waals surface area contributed by atoms with Crippen molar-refractivity contribution >= 4 is 56.4 Å². The van der Waals surface area contributed by atoms with Gasteiger partial charge in [-0.3, -0.25) is 9.59 Å². The lowest BCUT2D eigenvalue weighted by molar-refractivity contribution is -0.121. The summed E-state index contributed by atoms with van der Waals surface area (Å²) in [6.45, 7) is 13.4. The standard InChI is InChI=1S/C32H44N2O6S2/c1-31(2,3)17-9-11-19-21(15-17)41-27(25(19)29(37)39-7)33-23(35)13-14-24(36)34-28-26(30(38)40-8)20-12-10-18(32(4,5)6)16-22(20)42-28/h17-18H,9-16H2,1-8H3,(H,33,35)(H,34,36). The average molecular weight is 617 g/mol. The Morgan fingerprint density at radius 2 is 1.05 bits per heavy atom. The number of nitrogens with one attached hydrogen (secondary N) is 2. The maximum absolute atomic E-state index is 13.0. The van der Waals surface area contributed by atoms with Gasteiger partial charge >= 0.3 is 11.9 Å². The summed E-state index contributed by atoms with van der Waals surface area (Å²) in [6, 6.07) is 0. The molecule has 8 nitrogen and oxygen atoms in total. The van der Waals surface area contributed by atoms with E-state index in [0.29, 0.717) is 33.0 Å². The van der Waals surface area contributed by atoms with Crippen molar-refractivity contribution in [2.24, 2.45) is 22.7 Å². The lowest BCUT2D eigenvalue weighted by Gasteiger charge is -2.33. The SMILES string of the molecule is COC(=O)c1c(NC(=O)CCC(=O)Nc2sc3c(c2C(=O)OC)CCC(C(C)(C)C)C3)sc2c1CCC(C(C)(C)C)C2. The Hall–Kier alpha value is -2.72. The first kappa shape index (κ1) is 32.2. The van der Waals surface area contributed by atoms with Gasteiger partial charge in [-0.25, -0.2) is 9.59 Å². The van der Waals surface area contributed by atoms with Crippen LogP contribution in [0.3, 0.4) is 0 Å². The van der Waals surface area contributed by atoms with E-state index in [-0.39, 0.29) is 35.5 Å². The fraction of sp³-hybridized carbons (Fsp3) is 0.625. The van der Waals surface area contributed by atoms with E-state index in [4.69, 9.17) is 9.47 Å². The van der Waals surface area contributed by atoms with Gasteiger partial charge in [0.25, 0.3) is 0 Å². The van der Waals surface area contributed by atoms with E-state index in [9.17, 15) is 19.2 Å². The highest BCUT2D eigenvalue weighted by atomic mass is 32.1. The molecule has 2 heterocycles. The lowest BCUT2D eigenvalue weighted by atomic mass is 9.72. The van der Waals surface area contributed by atoms with Gasteiger partial charge in [0.05, 0.1) is 25.3 Å². The molecule has 2 aromatic rings. The number of methoxy groups -OCH3 is 2. The minimum Gasteiger partial charge on any atom is -0.465 e. The van der Waals surface area contributed by atoms with Crippen molar-refractivity contribution < 1.29 is 28.7 Å². The first-order chi connectivity index (χ1) is 19.6. The van der Waals surface area contributed by atoms with Gasteiger partial charge in [-0.1, -0.05) is 41.5 Å². The highest BCUT2D eigenvalue weighted by Crippen LogP contribution is 2.46. The van der Waals surface area contributed by atoms with Crippen molar-refractivity contribution in [2.75, 3.05) is 24.9 Å². The summed E-state index contributed by atoms with van der Waals surface area (Å²) in [4.78, 5) is 53.6. The molecule has 0 aromatic carbocycles. The second-order valence-electron chi connectivity index (χ2n) is 13.6. The number of ether oxygens (including phenoxy) is 2. The minimum absolute atomic E-state index is 0.0651. The molecule has 2 atom stereocenters. The maximum atomic E-state index is 13.0. The number of hydrogen-bond acceptors (Lipinski definition) is 8. The van der Waals surface area contributed by atoms with Gasteiger partial charge in [0.2, 0.25) is 11.8 Å². The summed E-state index contributed by atoms with van der Waals surface area (Å²) in [7, 11) is 2.69. The molecule has 0 saturated carbocycles. The molecule has 0 spiro atoms. The van der Waals surface area contributed by atoms with Crippen molar-refractivity contribution in [3.05, 3.63) is 32.0 Å². The van der Waals surface area contributed by atoms with Gasteiger partial charge in [0.15, 0.2) is 0 Å². The van der Waals surface area contributed by atoms with Gasteiger partial charge in [0.1, 0.15) is 10.0 Å². The molecular formula is C32H44N2O6S2. The molecule has 4 rings (SSSR count). The molecular weight excluding hydrogens is 572 g/mol. The third kappa shape index (κ3) is 6.91. The molecule has 2 aliphatic rings. The Morgan fingerprint density at radius 1 is 0.690 bits per heavy atom. The van der Waals surface area contributed by atoms with Crippen LogP contribution in [-0.4, -0.2) is 38.0 Å². The Labute approximate surface area is 256 Å². The Morgan fingerprint density at radius 3 is 1.36 bits per heavy atom. The molecule has 2 N–H and O–H groups in total. The Bertz CT molecular complexity index is 1270. The van der Waals surface area contributed by atoms with E-state index in [1.165, 1.54) is 36.9 Å². The number of esters is 2. The normalized spacial score (nSPS) is 18.5. The highest BCUT2D eigenvalue weighted by Gasteiger charge is 2.36. The summed E-state index contributed by atoms with van der Waals surface area (Å²) in [6.07, 6.45) is 5.06. The number of carbonyl (C=O) groups is 4. The largest absolute Gasteiger partial charge is 0.465 e. The van der Waals surface area contributed by atoms with Crippen LogP contribution in [-0.2, 0) is 44.7 Å². The van der Waals surface area contributed by atoms with E-state index in [2.05, 4.69) is 52.2 Å². The smallest absolute Gasteiger partial charge is 0.341 e. The lowest BCUT2D eigenvalue weighted by Crippen LogP contribution is -2.26. The number of thiophene rings is 2. The molecule has 230 valence electrons. The molecule has 0 saturated heterocycles. The van der Waals surface area contributed by atoms with E-state index in [0.717, 1.165) is 59.4 Å². The first-order valence-electron chi connectivity index (χ1n) is 14.7. The second kappa shape index (κ2) is 12.5. The van der Waals surface area contributed by atoms with E-state index >= 15 is 0 Å². The Balaban J connectivity index is 1.44. The topological polar surface area (TPSA) is 111 Å². The van der Waals surface area contributed by atoms with Gasteiger partial charge in [-0.05, 0) is 72.3 Å². The summed E-state index contributed by atoms with van der Waals surface area (Å²) in [5.41, 5.74) is 3.09. The van der Waals surface area contributed by atoms with Crippen molar-refractivity contribution in [1.82, 2.24) is 0 Å². The maximum Gasteiger partial charge on any atom is 0.341 e. The van der Waals surface area contributed by atoms with E-state index in [1.54, 1.807) is 0 Å². The fourth-order valence-corrected chi connectivity index (χ4v) is 8.73. The molecule has 0 aliphatic heterocycles. The minimum atomic E-state index is -0.458. The van der Waals surface area contributed by atoms with Crippen LogP contribution in [0.5, 0.6) is 0 Å². The van der Waals surface area contributed by atoms with Crippen LogP contribution in [0.25, 0.3) is 0 Å². The van der Waals surface area contributed by atoms with E-state index in [1.807, 2.05) is 0 Å². The molecule has 0 fully saturated rings. The summed E-state index contributed by atoms with van der Waals surface area (Å²) >= 11 is 2.86. The third-order valence-electron chi connectivity index (χ3n) is 8.84. The highest BCUT2D eigenvalue weighted by molar-refractivity contribution is 7.17. The summed E-state index contributed by atoms with van der Waals surface area (Å²) < 4.78 is 10.1. The quantitative estimate of drug-likeness (QED) is 0.323. The van der Waals surface area contributed by atoms with Crippen LogP contribution in [0, 0.1) is 22.7 Å². The summed E-state index contributed by atoms with van der Waals surface area (Å²) in [5, 5.41) is 6.73. The molecule has 2 aliphatic carbocycles. The predicted octanol–water partition coefficient (Wildman–Crippen LogP) is 7.04. The van der Waals surface area contributed by atoms with Crippen LogP contribution in [0.2, 0.25) is 0 Å². The zero-order valence-electron chi connectivity index (χ0n) is 26.1. The van der Waals surface area contributed by atoms with Crippen LogP contribution in [0.4, 0.5) is 10.0 Å². The summed E-state index contributed by atoms with van der Waals surface area (Å²) in [5.74, 6) is -0.654. The Kier molecular flexibility index (Phi) is 9.57. The van der Waals surface area contributed by atoms with Gasteiger partial charge in [0, 0.05) is 22.6 Å². The monoisotopic (exact) mass is 616 g/mol. The number of rotatable bonds is 7. The molecule has 10 heteroatoms. The van der Waals surface area contributed by atoms with Crippen molar-refractivity contribution in [3.63, 3.8) is 0 Å². The van der Waals surface area contributed by atoms with Crippen LogP contribution >= 0.6 is 22.7 Å². The van der Waals surface area contributed by atoms with Gasteiger partial charge in [-0.2, -0.15) is 0 Å². The van der Waals surface area contributed by atoms with Crippen LogP contribution < -0.4 is 10.6 Å². The van der Waals surface area contributed by atoms with Crippen molar-refractivity contribution in [1.29, 1.82) is 0 Å². The number of carbonyl (C=O) groups excluding carboxylic acids is 4. The van der Waals surface area contributed by atoms with Gasteiger partial charge < -0.3 is 20.1 Å². The predicted molar refractivity (Wildman–Crippen MR) is 168 cm³/mol. The molecule has 0 bridgehead atoms. The molecule has 0 radical (unpaired) electrons. The van der Waals surface area contributed by atoms with Crippen molar-refractivity contribution in [2.45, 2.75) is 92.9 Å². The number of anilines is 2. The van der Waals surface area contributed by atoms with Crippen LogP contribution in [0.1, 0.15) is 109 Å². The van der Waals surface area contributed by atoms with Gasteiger partial charge in [-0.15, -0.1) is 22.7 Å². The number of hydrogen-bond donors (Lipinski definition) is 2. The molecule has 42 heavy (non-hydrogen) atoms. The third-order valence-corrected chi connectivity index (χ3v) is 11.2. The number of amides is 2. The second-order valence-corrected chi connectivity index (χ2v) is 15.8.